The second kappa shape index (κ2) is 3.54. The van der Waals surface area contributed by atoms with Crippen LogP contribution in [0.5, 0.6) is 0 Å². The third-order valence-electron chi connectivity index (χ3n) is 2.84. The lowest BCUT2D eigenvalue weighted by molar-refractivity contribution is 0.101. The molecule has 0 aliphatic heterocycles. The van der Waals surface area contributed by atoms with E-state index in [0.29, 0.717) is 0 Å². The van der Waals surface area contributed by atoms with E-state index < -0.39 is 0 Å². The monoisotopic (exact) mass is 200 g/mol. The quantitative estimate of drug-likeness (QED) is 0.683. The number of carbonyl (C=O) groups is 1. The molecular weight excluding hydrogens is 186 g/mol. The van der Waals surface area contributed by atoms with Crippen LogP contribution in [0, 0.1) is 13.0 Å². The Morgan fingerprint density at radius 2 is 2.27 bits per heavy atom. The van der Waals surface area contributed by atoms with Crippen LogP contribution in [-0.4, -0.2) is 10.4 Å². The first-order chi connectivity index (χ1) is 7.16. The highest BCUT2D eigenvalue weighted by Crippen LogP contribution is 2.25. The van der Waals surface area contributed by atoms with E-state index in [0.717, 1.165) is 28.7 Å². The average Bonchev–Trinajstić information content (AvgIpc) is 2.49. The predicted octanol–water partition coefficient (Wildman–Crippen LogP) is 2.97. The largest absolute Gasteiger partial charge is 0.344 e. The Hall–Kier alpha value is -1.57. The number of aromatic nitrogens is 1. The van der Waals surface area contributed by atoms with Gasteiger partial charge in [-0.25, -0.2) is 0 Å². The molecule has 77 valence electrons. The Kier molecular flexibility index (Phi) is 2.35. The van der Waals surface area contributed by atoms with Crippen LogP contribution in [0.4, 0.5) is 0 Å². The molecule has 0 amide bonds. The van der Waals surface area contributed by atoms with Gasteiger partial charge in [0.25, 0.3) is 0 Å². The first-order valence-corrected chi connectivity index (χ1v) is 5.16. The van der Waals surface area contributed by atoms with Gasteiger partial charge >= 0.3 is 0 Å². The number of carbonyl (C=O) groups excluding carboxylic acids is 1. The van der Waals surface area contributed by atoms with Gasteiger partial charge in [-0.3, -0.25) is 4.79 Å². The molecule has 0 bridgehead atoms. The summed E-state index contributed by atoms with van der Waals surface area (Å²) in [5, 5.41) is 1.02. The van der Waals surface area contributed by atoms with Crippen LogP contribution in [0.25, 0.3) is 10.9 Å². The Bertz CT molecular complexity index is 523. The van der Waals surface area contributed by atoms with Gasteiger partial charge in [0.2, 0.25) is 0 Å². The minimum atomic E-state index is 0.129. The zero-order chi connectivity index (χ0) is 11.0. The van der Waals surface area contributed by atoms with E-state index in [2.05, 4.69) is 17.6 Å². The second-order valence-electron chi connectivity index (χ2n) is 3.70. The van der Waals surface area contributed by atoms with Crippen LogP contribution in [0.3, 0.4) is 0 Å². The molecule has 1 aromatic heterocycles. The molecule has 1 heterocycles. The highest BCUT2D eigenvalue weighted by Gasteiger charge is 2.15. The topological polar surface area (TPSA) is 22.0 Å². The Balaban J connectivity index is 2.91. The van der Waals surface area contributed by atoms with Crippen LogP contribution < -0.4 is 0 Å². The standard InChI is InChI=1S/C13H14NO/c1-4-14-9(2)13(10(3)15)11-7-5-6-8-12(11)14/h6-8H,4H2,1-3H3. The summed E-state index contributed by atoms with van der Waals surface area (Å²) in [6, 6.07) is 8.82. The number of hydrogen-bond acceptors (Lipinski definition) is 1. The van der Waals surface area contributed by atoms with Crippen LogP contribution in [0.2, 0.25) is 0 Å². The summed E-state index contributed by atoms with van der Waals surface area (Å²) in [7, 11) is 0. The minimum Gasteiger partial charge on any atom is -0.344 e. The normalized spacial score (nSPS) is 10.9. The number of Topliss-reactive ketones (excluding diaryl/α,β-unsaturated/α-hetero) is 1. The van der Waals surface area contributed by atoms with Crippen LogP contribution in [-0.2, 0) is 6.54 Å². The maximum absolute atomic E-state index is 11.6. The van der Waals surface area contributed by atoms with Crippen molar-refractivity contribution < 1.29 is 4.79 Å². The molecule has 2 heteroatoms. The van der Waals surface area contributed by atoms with Gasteiger partial charge < -0.3 is 4.57 Å². The number of rotatable bonds is 2. The van der Waals surface area contributed by atoms with Gasteiger partial charge in [-0.15, -0.1) is 0 Å². The van der Waals surface area contributed by atoms with Crippen LogP contribution >= 0.6 is 0 Å². The summed E-state index contributed by atoms with van der Waals surface area (Å²) < 4.78 is 2.17. The van der Waals surface area contributed by atoms with E-state index in [1.807, 2.05) is 25.1 Å². The van der Waals surface area contributed by atoms with E-state index >= 15 is 0 Å². The fourth-order valence-electron chi connectivity index (χ4n) is 2.22. The van der Waals surface area contributed by atoms with Crippen molar-refractivity contribution in [1.82, 2.24) is 4.57 Å². The van der Waals surface area contributed by atoms with Gasteiger partial charge in [0.05, 0.1) is 0 Å². The van der Waals surface area contributed by atoms with E-state index in [-0.39, 0.29) is 5.78 Å². The fourth-order valence-corrected chi connectivity index (χ4v) is 2.22. The van der Waals surface area contributed by atoms with Crippen LogP contribution in [0.15, 0.2) is 18.2 Å². The van der Waals surface area contributed by atoms with Gasteiger partial charge in [0, 0.05) is 28.7 Å². The summed E-state index contributed by atoms with van der Waals surface area (Å²) >= 11 is 0. The molecule has 2 aromatic rings. The molecule has 0 N–H and O–H groups in total. The van der Waals surface area contributed by atoms with Crippen LogP contribution in [0.1, 0.15) is 29.9 Å². The molecule has 0 spiro atoms. The zero-order valence-electron chi connectivity index (χ0n) is 9.29. The van der Waals surface area contributed by atoms with Gasteiger partial charge in [-0.2, -0.15) is 0 Å². The van der Waals surface area contributed by atoms with Crippen molar-refractivity contribution >= 4 is 16.7 Å². The SMILES string of the molecule is CCn1c(C)c(C(C)=O)c2c[c]ccc21. The van der Waals surface area contributed by atoms with Gasteiger partial charge in [0.1, 0.15) is 0 Å². The van der Waals surface area contributed by atoms with Crippen molar-refractivity contribution in [2.24, 2.45) is 0 Å². The molecular formula is C13H14NO. The fraction of sp³-hybridized carbons (Fsp3) is 0.308. The van der Waals surface area contributed by atoms with Crippen molar-refractivity contribution in [2.45, 2.75) is 27.3 Å². The summed E-state index contributed by atoms with van der Waals surface area (Å²) in [6.45, 7) is 6.60. The number of nitrogens with zero attached hydrogens (tertiary/aromatic N) is 1. The third kappa shape index (κ3) is 1.37. The Morgan fingerprint density at radius 3 is 2.87 bits per heavy atom. The Labute approximate surface area is 89.5 Å². The molecule has 1 aromatic carbocycles. The van der Waals surface area contributed by atoms with Crippen molar-refractivity contribution in [3.63, 3.8) is 0 Å². The molecule has 1 radical (unpaired) electrons. The molecule has 0 aliphatic rings. The molecule has 15 heavy (non-hydrogen) atoms. The minimum absolute atomic E-state index is 0.129. The maximum Gasteiger partial charge on any atom is 0.162 e. The number of fused-ring (bicyclic) bond motifs is 1. The van der Waals surface area contributed by atoms with Gasteiger partial charge in [-0.1, -0.05) is 6.07 Å². The summed E-state index contributed by atoms with van der Waals surface area (Å²) in [5.41, 5.74) is 3.02. The second-order valence-corrected chi connectivity index (χ2v) is 3.70. The molecule has 0 aliphatic carbocycles. The molecule has 0 fully saturated rings. The number of hydrogen-bond donors (Lipinski definition) is 0. The number of ketones is 1. The lowest BCUT2D eigenvalue weighted by Crippen LogP contribution is -1.99. The Morgan fingerprint density at radius 1 is 1.53 bits per heavy atom. The molecule has 2 nitrogen and oxygen atoms in total. The van der Waals surface area contributed by atoms with Gasteiger partial charge in [-0.05, 0) is 39.0 Å². The average molecular weight is 200 g/mol. The van der Waals surface area contributed by atoms with E-state index in [4.69, 9.17) is 0 Å². The van der Waals surface area contributed by atoms with Gasteiger partial charge in [0.15, 0.2) is 5.78 Å². The van der Waals surface area contributed by atoms with Crippen molar-refractivity contribution in [1.29, 1.82) is 0 Å². The molecule has 0 saturated carbocycles. The third-order valence-corrected chi connectivity index (χ3v) is 2.84. The van der Waals surface area contributed by atoms with Crippen molar-refractivity contribution in [3.8, 4) is 0 Å². The van der Waals surface area contributed by atoms with Crippen molar-refractivity contribution in [2.75, 3.05) is 0 Å². The molecule has 0 saturated heterocycles. The first kappa shape index (κ1) is 9.97. The predicted molar refractivity (Wildman–Crippen MR) is 61.2 cm³/mol. The molecule has 2 rings (SSSR count). The van der Waals surface area contributed by atoms with E-state index in [9.17, 15) is 4.79 Å². The molecule has 0 atom stereocenters. The summed E-state index contributed by atoms with van der Waals surface area (Å²) in [4.78, 5) is 11.6. The summed E-state index contributed by atoms with van der Waals surface area (Å²) in [6.07, 6.45) is 0. The number of benzene rings is 1. The number of aryl methyl sites for hydroxylation is 1. The molecule has 0 unspecified atom stereocenters. The highest BCUT2D eigenvalue weighted by atomic mass is 16.1. The highest BCUT2D eigenvalue weighted by molar-refractivity contribution is 6.08. The van der Waals surface area contributed by atoms with E-state index in [1.165, 1.54) is 0 Å². The smallest absolute Gasteiger partial charge is 0.162 e. The zero-order valence-corrected chi connectivity index (χ0v) is 9.29. The summed E-state index contributed by atoms with van der Waals surface area (Å²) in [5.74, 6) is 0.129. The van der Waals surface area contributed by atoms with Crippen molar-refractivity contribution in [3.05, 3.63) is 35.5 Å². The maximum atomic E-state index is 11.6. The first-order valence-electron chi connectivity index (χ1n) is 5.16. The van der Waals surface area contributed by atoms with E-state index in [1.54, 1.807) is 6.92 Å². The lowest BCUT2D eigenvalue weighted by atomic mass is 10.1. The lowest BCUT2D eigenvalue weighted by Gasteiger charge is -2.03.